The maximum absolute atomic E-state index is 13.3. The molecule has 96 valence electrons. The number of benzene rings is 2. The molecule has 19 heavy (non-hydrogen) atoms. The Bertz CT molecular complexity index is 606. The second kappa shape index (κ2) is 5.82. The molecule has 0 atom stereocenters. The Morgan fingerprint density at radius 3 is 2.32 bits per heavy atom. The van der Waals surface area contributed by atoms with Crippen molar-refractivity contribution < 1.29 is 19.0 Å². The Hall–Kier alpha value is -2.62. The minimum atomic E-state index is -1.14. The average Bonchev–Trinajstić information content (AvgIpc) is 2.42. The van der Waals surface area contributed by atoms with Crippen LogP contribution in [-0.2, 0) is 4.79 Å². The molecule has 4 heteroatoms. The number of para-hydroxylation sites is 1. The van der Waals surface area contributed by atoms with E-state index in [-0.39, 0.29) is 11.3 Å². The van der Waals surface area contributed by atoms with E-state index in [1.165, 1.54) is 18.2 Å². The molecule has 2 aromatic carbocycles. The molecule has 0 aliphatic carbocycles. The highest BCUT2D eigenvalue weighted by atomic mass is 19.1. The Morgan fingerprint density at radius 2 is 1.68 bits per heavy atom. The fraction of sp³-hybridized carbons (Fsp3) is 0. The lowest BCUT2D eigenvalue weighted by Crippen LogP contribution is -2.01. The number of carbonyl (C=O) groups is 1. The summed E-state index contributed by atoms with van der Waals surface area (Å²) in [5, 5.41) is 9.13. The second-order valence-electron chi connectivity index (χ2n) is 3.75. The third-order valence-electron chi connectivity index (χ3n) is 2.46. The van der Waals surface area contributed by atoms with Gasteiger partial charge in [-0.1, -0.05) is 42.5 Å². The van der Waals surface area contributed by atoms with Gasteiger partial charge in [-0.3, -0.25) is 0 Å². The van der Waals surface area contributed by atoms with E-state index in [1.54, 1.807) is 36.4 Å². The number of hydrogen-bond acceptors (Lipinski definition) is 2. The molecule has 3 nitrogen and oxygen atoms in total. The highest BCUT2D eigenvalue weighted by Gasteiger charge is 2.11. The highest BCUT2D eigenvalue weighted by molar-refractivity contribution is 6.15. The molecule has 0 spiro atoms. The van der Waals surface area contributed by atoms with E-state index in [2.05, 4.69) is 0 Å². The summed E-state index contributed by atoms with van der Waals surface area (Å²) in [6, 6.07) is 14.3. The number of ether oxygens (including phenoxy) is 1. The van der Waals surface area contributed by atoms with E-state index < -0.39 is 11.8 Å². The first-order chi connectivity index (χ1) is 9.18. The number of carboxylic acids is 1. The summed E-state index contributed by atoms with van der Waals surface area (Å²) in [4.78, 5) is 11.2. The van der Waals surface area contributed by atoms with E-state index in [0.717, 1.165) is 6.26 Å². The van der Waals surface area contributed by atoms with Gasteiger partial charge in [0.25, 0.3) is 0 Å². The average molecular weight is 258 g/mol. The normalized spacial score (nSPS) is 11.1. The third-order valence-corrected chi connectivity index (χ3v) is 2.46. The summed E-state index contributed by atoms with van der Waals surface area (Å²) in [7, 11) is 0. The lowest BCUT2D eigenvalue weighted by molar-refractivity contribution is -0.130. The van der Waals surface area contributed by atoms with Gasteiger partial charge < -0.3 is 9.84 Å². The van der Waals surface area contributed by atoms with E-state index in [4.69, 9.17) is 9.84 Å². The molecule has 2 aromatic rings. The molecule has 1 N–H and O–H groups in total. The molecule has 0 saturated carbocycles. The van der Waals surface area contributed by atoms with Crippen molar-refractivity contribution in [2.75, 3.05) is 0 Å². The summed E-state index contributed by atoms with van der Waals surface area (Å²) in [6.07, 6.45) is 1.04. The van der Waals surface area contributed by atoms with Gasteiger partial charge in [0, 0.05) is 0 Å². The zero-order valence-electron chi connectivity index (χ0n) is 9.92. The minimum Gasteiger partial charge on any atom is -0.478 e. The van der Waals surface area contributed by atoms with Crippen LogP contribution in [0.4, 0.5) is 4.39 Å². The van der Waals surface area contributed by atoms with Gasteiger partial charge in [-0.25, -0.2) is 9.18 Å². The van der Waals surface area contributed by atoms with E-state index >= 15 is 0 Å². The molecule has 0 radical (unpaired) electrons. The van der Waals surface area contributed by atoms with Crippen LogP contribution >= 0.6 is 0 Å². The topological polar surface area (TPSA) is 46.5 Å². The van der Waals surface area contributed by atoms with Crippen molar-refractivity contribution in [1.29, 1.82) is 0 Å². The molecule has 0 fully saturated rings. The SMILES string of the molecule is O=C(O)C(=COc1ccccc1F)c1ccccc1. The van der Waals surface area contributed by atoms with Gasteiger partial charge in [0.2, 0.25) is 0 Å². The standard InChI is InChI=1S/C15H11FO3/c16-13-8-4-5-9-14(13)19-10-12(15(17)18)11-6-2-1-3-7-11/h1-10H,(H,17,18). The number of rotatable bonds is 4. The van der Waals surface area contributed by atoms with Gasteiger partial charge in [-0.2, -0.15) is 0 Å². The number of hydrogen-bond donors (Lipinski definition) is 1. The van der Waals surface area contributed by atoms with Crippen LogP contribution in [0.25, 0.3) is 5.57 Å². The fourth-order valence-electron chi connectivity index (χ4n) is 1.52. The molecule has 0 heterocycles. The number of carboxylic acid groups (broad SMARTS) is 1. The minimum absolute atomic E-state index is 0.0165. The molecule has 0 aliphatic rings. The summed E-state index contributed by atoms with van der Waals surface area (Å²) in [6.45, 7) is 0. The Morgan fingerprint density at radius 1 is 1.05 bits per heavy atom. The van der Waals surface area contributed by atoms with Crippen LogP contribution in [0.2, 0.25) is 0 Å². The summed E-state index contributed by atoms with van der Waals surface area (Å²) < 4.78 is 18.4. The van der Waals surface area contributed by atoms with Crippen LogP contribution in [0.5, 0.6) is 5.75 Å². The predicted molar refractivity (Wildman–Crippen MR) is 69.1 cm³/mol. The zero-order chi connectivity index (χ0) is 13.7. The zero-order valence-corrected chi connectivity index (χ0v) is 9.92. The van der Waals surface area contributed by atoms with Crippen LogP contribution in [0, 0.1) is 5.82 Å². The van der Waals surface area contributed by atoms with Crippen LogP contribution in [0.15, 0.2) is 60.9 Å². The summed E-state index contributed by atoms with van der Waals surface area (Å²) in [5.74, 6) is -1.70. The predicted octanol–water partition coefficient (Wildman–Crippen LogP) is 3.33. The highest BCUT2D eigenvalue weighted by Crippen LogP contribution is 2.19. The molecule has 0 amide bonds. The first-order valence-corrected chi connectivity index (χ1v) is 5.58. The van der Waals surface area contributed by atoms with Crippen molar-refractivity contribution in [2.24, 2.45) is 0 Å². The fourth-order valence-corrected chi connectivity index (χ4v) is 1.52. The van der Waals surface area contributed by atoms with Gasteiger partial charge in [-0.05, 0) is 17.7 Å². The maximum atomic E-state index is 13.3. The van der Waals surface area contributed by atoms with Crippen molar-refractivity contribution in [3.8, 4) is 5.75 Å². The van der Waals surface area contributed by atoms with Gasteiger partial charge >= 0.3 is 5.97 Å². The van der Waals surface area contributed by atoms with Crippen LogP contribution in [0.3, 0.4) is 0 Å². The van der Waals surface area contributed by atoms with E-state index in [0.29, 0.717) is 5.56 Å². The second-order valence-corrected chi connectivity index (χ2v) is 3.75. The lowest BCUT2D eigenvalue weighted by atomic mass is 10.1. The Kier molecular flexibility index (Phi) is 3.93. The van der Waals surface area contributed by atoms with Crippen LogP contribution < -0.4 is 4.74 Å². The largest absolute Gasteiger partial charge is 0.478 e. The quantitative estimate of drug-likeness (QED) is 0.676. The molecule has 2 rings (SSSR count). The van der Waals surface area contributed by atoms with Gasteiger partial charge in [-0.15, -0.1) is 0 Å². The summed E-state index contributed by atoms with van der Waals surface area (Å²) in [5.41, 5.74) is 0.454. The van der Waals surface area contributed by atoms with Crippen LogP contribution in [0.1, 0.15) is 5.56 Å². The maximum Gasteiger partial charge on any atom is 0.339 e. The van der Waals surface area contributed by atoms with E-state index in [1.807, 2.05) is 0 Å². The Balaban J connectivity index is 2.29. The van der Waals surface area contributed by atoms with Crippen LogP contribution in [-0.4, -0.2) is 11.1 Å². The van der Waals surface area contributed by atoms with Crippen molar-refractivity contribution in [1.82, 2.24) is 0 Å². The third kappa shape index (κ3) is 3.19. The number of halogens is 1. The van der Waals surface area contributed by atoms with Gasteiger partial charge in [0.1, 0.15) is 11.8 Å². The smallest absolute Gasteiger partial charge is 0.339 e. The summed E-state index contributed by atoms with van der Waals surface area (Å²) >= 11 is 0. The Labute approximate surface area is 109 Å². The molecule has 0 unspecified atom stereocenters. The molecular formula is C15H11FO3. The van der Waals surface area contributed by atoms with Crippen molar-refractivity contribution >= 4 is 11.5 Å². The lowest BCUT2D eigenvalue weighted by Gasteiger charge is -2.05. The molecule has 0 aliphatic heterocycles. The molecule has 0 saturated heterocycles. The van der Waals surface area contributed by atoms with Crippen molar-refractivity contribution in [2.45, 2.75) is 0 Å². The van der Waals surface area contributed by atoms with E-state index in [9.17, 15) is 9.18 Å². The molecule has 0 bridgehead atoms. The van der Waals surface area contributed by atoms with Gasteiger partial charge in [0.05, 0.1) is 0 Å². The molecular weight excluding hydrogens is 247 g/mol. The first-order valence-electron chi connectivity index (χ1n) is 5.58. The van der Waals surface area contributed by atoms with Crippen molar-refractivity contribution in [3.05, 3.63) is 72.2 Å². The van der Waals surface area contributed by atoms with Crippen molar-refractivity contribution in [3.63, 3.8) is 0 Å². The first kappa shape index (κ1) is 12.8. The molecule has 0 aromatic heterocycles. The monoisotopic (exact) mass is 258 g/mol. The van der Waals surface area contributed by atoms with Gasteiger partial charge in [0.15, 0.2) is 11.6 Å². The number of aliphatic carboxylic acids is 1.